The summed E-state index contributed by atoms with van der Waals surface area (Å²) in [5, 5.41) is 3.34. The first-order chi connectivity index (χ1) is 7.69. The van der Waals surface area contributed by atoms with Crippen LogP contribution in [0.1, 0.15) is 37.8 Å². The van der Waals surface area contributed by atoms with Crippen LogP contribution >= 0.6 is 0 Å². The summed E-state index contributed by atoms with van der Waals surface area (Å²) in [6.07, 6.45) is 1.03. The molecule has 0 bridgehead atoms. The second-order valence-electron chi connectivity index (χ2n) is 4.33. The molecule has 0 aliphatic carbocycles. The Balaban J connectivity index is 2.80. The zero-order valence-corrected chi connectivity index (χ0v) is 10.8. The van der Waals surface area contributed by atoms with Gasteiger partial charge in [-0.3, -0.25) is 0 Å². The minimum absolute atomic E-state index is 0.573. The van der Waals surface area contributed by atoms with Gasteiger partial charge in [0, 0.05) is 0 Å². The Morgan fingerprint density at radius 1 is 1.31 bits per heavy atom. The lowest BCUT2D eigenvalue weighted by Gasteiger charge is -2.12. The molecule has 1 aromatic carbocycles. The van der Waals surface area contributed by atoms with Gasteiger partial charge in [0.1, 0.15) is 5.75 Å². The average molecular weight is 221 g/mol. The van der Waals surface area contributed by atoms with Gasteiger partial charge in [-0.1, -0.05) is 32.9 Å². The van der Waals surface area contributed by atoms with E-state index in [9.17, 15) is 0 Å². The molecule has 1 rings (SSSR count). The molecular formula is C14H23NO. The highest BCUT2D eigenvalue weighted by molar-refractivity contribution is 5.38. The molecule has 0 atom stereocenters. The van der Waals surface area contributed by atoms with Crippen LogP contribution < -0.4 is 10.1 Å². The van der Waals surface area contributed by atoms with E-state index >= 15 is 0 Å². The molecular weight excluding hydrogens is 198 g/mol. The van der Waals surface area contributed by atoms with Crippen molar-refractivity contribution in [1.82, 2.24) is 5.32 Å². The molecule has 0 aromatic heterocycles. The Hall–Kier alpha value is -1.02. The summed E-state index contributed by atoms with van der Waals surface area (Å²) < 4.78 is 5.38. The quantitative estimate of drug-likeness (QED) is 0.746. The van der Waals surface area contributed by atoms with Gasteiger partial charge in [-0.2, -0.15) is 0 Å². The summed E-state index contributed by atoms with van der Waals surface area (Å²) in [6, 6.07) is 6.50. The lowest BCUT2D eigenvalue weighted by molar-refractivity contribution is 0.409. The van der Waals surface area contributed by atoms with E-state index in [0.29, 0.717) is 5.92 Å². The minimum atomic E-state index is 0.573. The van der Waals surface area contributed by atoms with Crippen molar-refractivity contribution in [3.05, 3.63) is 29.3 Å². The number of hydrogen-bond donors (Lipinski definition) is 1. The second kappa shape index (κ2) is 6.54. The van der Waals surface area contributed by atoms with E-state index in [1.54, 1.807) is 7.11 Å². The van der Waals surface area contributed by atoms with Crippen LogP contribution in [-0.2, 0) is 6.42 Å². The van der Waals surface area contributed by atoms with E-state index in [-0.39, 0.29) is 0 Å². The van der Waals surface area contributed by atoms with Crippen LogP contribution in [0.5, 0.6) is 5.75 Å². The van der Waals surface area contributed by atoms with Crippen LogP contribution in [0.2, 0.25) is 0 Å². The van der Waals surface area contributed by atoms with E-state index in [1.165, 1.54) is 11.1 Å². The number of benzene rings is 1. The molecule has 1 aromatic rings. The first-order valence-electron chi connectivity index (χ1n) is 6.06. The highest BCUT2D eigenvalue weighted by atomic mass is 16.5. The smallest absolute Gasteiger partial charge is 0.122 e. The van der Waals surface area contributed by atoms with E-state index in [4.69, 9.17) is 4.74 Å². The van der Waals surface area contributed by atoms with Crippen molar-refractivity contribution in [3.8, 4) is 5.75 Å². The molecule has 1 N–H and O–H groups in total. The second-order valence-corrected chi connectivity index (χ2v) is 4.33. The van der Waals surface area contributed by atoms with Gasteiger partial charge in [-0.05, 0) is 42.6 Å². The zero-order valence-electron chi connectivity index (χ0n) is 10.8. The van der Waals surface area contributed by atoms with Gasteiger partial charge >= 0.3 is 0 Å². The zero-order chi connectivity index (χ0) is 12.0. The van der Waals surface area contributed by atoms with Crippen LogP contribution in [0, 0.1) is 0 Å². The Labute approximate surface area is 99.0 Å². The predicted octanol–water partition coefficient (Wildman–Crippen LogP) is 2.97. The topological polar surface area (TPSA) is 21.3 Å². The largest absolute Gasteiger partial charge is 0.496 e. The maximum Gasteiger partial charge on any atom is 0.122 e. The normalized spacial score (nSPS) is 10.8. The summed E-state index contributed by atoms with van der Waals surface area (Å²) in [5.74, 6) is 1.58. The number of rotatable bonds is 6. The molecule has 0 amide bonds. The third-order valence-electron chi connectivity index (χ3n) is 2.79. The first-order valence-corrected chi connectivity index (χ1v) is 6.06. The van der Waals surface area contributed by atoms with Crippen molar-refractivity contribution in [2.24, 2.45) is 0 Å². The molecule has 2 nitrogen and oxygen atoms in total. The van der Waals surface area contributed by atoms with Crippen LogP contribution in [0.15, 0.2) is 18.2 Å². The summed E-state index contributed by atoms with van der Waals surface area (Å²) in [4.78, 5) is 0. The van der Waals surface area contributed by atoms with Crippen molar-refractivity contribution in [3.63, 3.8) is 0 Å². The molecule has 0 saturated carbocycles. The van der Waals surface area contributed by atoms with E-state index in [1.807, 2.05) is 0 Å². The molecule has 0 aliphatic rings. The van der Waals surface area contributed by atoms with Gasteiger partial charge in [-0.15, -0.1) is 0 Å². The molecule has 0 saturated heterocycles. The Morgan fingerprint density at radius 2 is 2.06 bits per heavy atom. The van der Waals surface area contributed by atoms with Gasteiger partial charge in [0.25, 0.3) is 0 Å². The van der Waals surface area contributed by atoms with Gasteiger partial charge in [0.05, 0.1) is 7.11 Å². The molecule has 90 valence electrons. The predicted molar refractivity (Wildman–Crippen MR) is 69.3 cm³/mol. The van der Waals surface area contributed by atoms with Gasteiger partial charge < -0.3 is 10.1 Å². The van der Waals surface area contributed by atoms with Gasteiger partial charge in [0.15, 0.2) is 0 Å². The number of hydrogen-bond acceptors (Lipinski definition) is 2. The third kappa shape index (κ3) is 3.53. The molecule has 16 heavy (non-hydrogen) atoms. The SMILES string of the molecule is CCNCCc1cc(C(C)C)ccc1OC. The van der Waals surface area contributed by atoms with Crippen molar-refractivity contribution in [1.29, 1.82) is 0 Å². The molecule has 2 heteroatoms. The monoisotopic (exact) mass is 221 g/mol. The van der Waals surface area contributed by atoms with Crippen LogP contribution in [0.4, 0.5) is 0 Å². The van der Waals surface area contributed by atoms with Crippen LogP contribution in [-0.4, -0.2) is 20.2 Å². The lowest BCUT2D eigenvalue weighted by atomic mass is 9.99. The number of likely N-dealkylation sites (N-methyl/N-ethyl adjacent to an activating group) is 1. The Kier molecular flexibility index (Phi) is 5.33. The fourth-order valence-corrected chi connectivity index (χ4v) is 1.75. The van der Waals surface area contributed by atoms with Gasteiger partial charge in [0.2, 0.25) is 0 Å². The number of ether oxygens (including phenoxy) is 1. The summed E-state index contributed by atoms with van der Waals surface area (Å²) in [5.41, 5.74) is 2.68. The number of methoxy groups -OCH3 is 1. The maximum absolute atomic E-state index is 5.38. The molecule has 0 radical (unpaired) electrons. The van der Waals surface area contributed by atoms with E-state index in [0.717, 1.165) is 25.3 Å². The molecule has 0 heterocycles. The standard InChI is InChI=1S/C14H23NO/c1-5-15-9-8-13-10-12(11(2)3)6-7-14(13)16-4/h6-7,10-11,15H,5,8-9H2,1-4H3. The summed E-state index contributed by atoms with van der Waals surface area (Å²) >= 11 is 0. The first kappa shape index (κ1) is 13.0. The van der Waals surface area contributed by atoms with Crippen LogP contribution in [0.25, 0.3) is 0 Å². The van der Waals surface area contributed by atoms with E-state index < -0.39 is 0 Å². The summed E-state index contributed by atoms with van der Waals surface area (Å²) in [7, 11) is 1.74. The minimum Gasteiger partial charge on any atom is -0.496 e. The van der Waals surface area contributed by atoms with Gasteiger partial charge in [-0.25, -0.2) is 0 Å². The fourth-order valence-electron chi connectivity index (χ4n) is 1.75. The molecule has 0 fully saturated rings. The van der Waals surface area contributed by atoms with Crippen molar-refractivity contribution < 1.29 is 4.74 Å². The average Bonchev–Trinajstić information content (AvgIpc) is 2.29. The van der Waals surface area contributed by atoms with Crippen molar-refractivity contribution >= 4 is 0 Å². The maximum atomic E-state index is 5.38. The van der Waals surface area contributed by atoms with Crippen LogP contribution in [0.3, 0.4) is 0 Å². The molecule has 0 aliphatic heterocycles. The molecule has 0 unspecified atom stereocenters. The lowest BCUT2D eigenvalue weighted by Crippen LogP contribution is -2.16. The fraction of sp³-hybridized carbons (Fsp3) is 0.571. The highest BCUT2D eigenvalue weighted by Gasteiger charge is 2.06. The molecule has 0 spiro atoms. The van der Waals surface area contributed by atoms with E-state index in [2.05, 4.69) is 44.3 Å². The summed E-state index contributed by atoms with van der Waals surface area (Å²) in [6.45, 7) is 8.59. The number of nitrogens with one attached hydrogen (secondary N) is 1. The Morgan fingerprint density at radius 3 is 2.62 bits per heavy atom. The highest BCUT2D eigenvalue weighted by Crippen LogP contribution is 2.24. The Bertz CT molecular complexity index is 321. The van der Waals surface area contributed by atoms with Crippen molar-refractivity contribution in [2.45, 2.75) is 33.1 Å². The third-order valence-corrected chi connectivity index (χ3v) is 2.79. The van der Waals surface area contributed by atoms with Crippen molar-refractivity contribution in [2.75, 3.05) is 20.2 Å².